The average Bonchev–Trinajstić information content (AvgIpc) is 2.80. The van der Waals surface area contributed by atoms with Gasteiger partial charge < -0.3 is 9.64 Å². The van der Waals surface area contributed by atoms with Crippen molar-refractivity contribution >= 4 is 22.4 Å². The number of hydrogen-bond acceptors (Lipinski definition) is 6. The molecule has 5 nitrogen and oxygen atoms in total. The number of nitrogens with zero attached hydrogens (tertiary/aromatic N) is 3. The van der Waals surface area contributed by atoms with Crippen LogP contribution in [0.25, 0.3) is 0 Å². The highest BCUT2D eigenvalue weighted by molar-refractivity contribution is 7.15. The lowest BCUT2D eigenvalue weighted by molar-refractivity contribution is 0.0594. The molecular weight excluding hydrogens is 262 g/mol. The molecule has 1 atom stereocenters. The van der Waals surface area contributed by atoms with E-state index in [0.29, 0.717) is 11.7 Å². The molecule has 0 amide bonds. The predicted octanol–water partition coefficient (Wildman–Crippen LogP) is 1.77. The summed E-state index contributed by atoms with van der Waals surface area (Å²) in [4.78, 5) is 21.7. The Hall–Kier alpha value is -1.14. The minimum Gasteiger partial charge on any atom is -0.464 e. The van der Waals surface area contributed by atoms with Crippen molar-refractivity contribution in [1.82, 2.24) is 9.88 Å². The second-order valence-electron chi connectivity index (χ2n) is 4.82. The highest BCUT2D eigenvalue weighted by atomic mass is 32.1. The average molecular weight is 283 g/mol. The number of thiazole rings is 1. The molecule has 0 bridgehead atoms. The molecule has 0 radical (unpaired) electrons. The van der Waals surface area contributed by atoms with Crippen molar-refractivity contribution in [3.05, 3.63) is 10.6 Å². The van der Waals surface area contributed by atoms with Gasteiger partial charge in [0.2, 0.25) is 0 Å². The molecular formula is C13H21N3O2S. The van der Waals surface area contributed by atoms with Gasteiger partial charge in [0, 0.05) is 30.6 Å². The fourth-order valence-electron chi connectivity index (χ4n) is 2.44. The van der Waals surface area contributed by atoms with E-state index in [1.54, 1.807) is 11.3 Å². The molecule has 0 spiro atoms. The van der Waals surface area contributed by atoms with Crippen LogP contribution < -0.4 is 4.90 Å². The minimum atomic E-state index is -0.347. The number of hydrogen-bond donors (Lipinski definition) is 0. The molecule has 1 aliphatic heterocycles. The Morgan fingerprint density at radius 2 is 2.26 bits per heavy atom. The largest absolute Gasteiger partial charge is 0.464 e. The standard InChI is InChI=1S/C13H21N3O2S/c1-5-15-6-7-16(8-9(15)2)13-14-11(10(3)19-13)12(17)18-4/h9H,5-8H2,1-4H3. The third kappa shape index (κ3) is 2.90. The zero-order valence-electron chi connectivity index (χ0n) is 12.0. The first-order chi connectivity index (χ1) is 9.06. The molecule has 0 aromatic carbocycles. The van der Waals surface area contributed by atoms with Crippen LogP contribution in [0.5, 0.6) is 0 Å². The van der Waals surface area contributed by atoms with Crippen LogP contribution >= 0.6 is 11.3 Å². The van der Waals surface area contributed by atoms with Gasteiger partial charge in [-0.3, -0.25) is 4.90 Å². The Balaban J connectivity index is 2.13. The van der Waals surface area contributed by atoms with Gasteiger partial charge in [0.15, 0.2) is 10.8 Å². The monoisotopic (exact) mass is 283 g/mol. The van der Waals surface area contributed by atoms with Gasteiger partial charge in [0.05, 0.1) is 7.11 Å². The van der Waals surface area contributed by atoms with Crippen molar-refractivity contribution in [2.24, 2.45) is 0 Å². The fraction of sp³-hybridized carbons (Fsp3) is 0.692. The number of carbonyl (C=O) groups is 1. The number of anilines is 1. The summed E-state index contributed by atoms with van der Waals surface area (Å²) in [7, 11) is 1.39. The Morgan fingerprint density at radius 3 is 2.84 bits per heavy atom. The normalized spacial score (nSPS) is 20.6. The molecule has 0 aliphatic carbocycles. The molecule has 1 aromatic rings. The lowest BCUT2D eigenvalue weighted by atomic mass is 10.2. The summed E-state index contributed by atoms with van der Waals surface area (Å²) in [5.74, 6) is -0.347. The smallest absolute Gasteiger partial charge is 0.357 e. The summed E-state index contributed by atoms with van der Waals surface area (Å²) in [5.41, 5.74) is 0.452. The lowest BCUT2D eigenvalue weighted by Gasteiger charge is -2.39. The highest BCUT2D eigenvalue weighted by Crippen LogP contribution is 2.27. The first-order valence-electron chi connectivity index (χ1n) is 6.61. The van der Waals surface area contributed by atoms with E-state index in [-0.39, 0.29) is 5.97 Å². The minimum absolute atomic E-state index is 0.347. The third-order valence-corrected chi connectivity index (χ3v) is 4.64. The Labute approximate surface area is 118 Å². The number of methoxy groups -OCH3 is 1. The zero-order chi connectivity index (χ0) is 14.0. The van der Waals surface area contributed by atoms with E-state index in [2.05, 4.69) is 28.6 Å². The SMILES string of the molecule is CCN1CCN(c2nc(C(=O)OC)c(C)s2)CC1C. The molecule has 6 heteroatoms. The summed E-state index contributed by atoms with van der Waals surface area (Å²) < 4.78 is 4.75. The number of carbonyl (C=O) groups excluding carboxylic acids is 1. The van der Waals surface area contributed by atoms with Crippen LogP contribution in [-0.4, -0.2) is 55.2 Å². The van der Waals surface area contributed by atoms with E-state index in [9.17, 15) is 4.79 Å². The molecule has 106 valence electrons. The van der Waals surface area contributed by atoms with Crippen LogP contribution in [0, 0.1) is 6.92 Å². The number of piperazine rings is 1. The Kier molecular flexibility index (Phi) is 4.42. The van der Waals surface area contributed by atoms with E-state index in [1.165, 1.54) is 7.11 Å². The Bertz CT molecular complexity index is 461. The number of rotatable bonds is 3. The van der Waals surface area contributed by atoms with Crippen molar-refractivity contribution in [1.29, 1.82) is 0 Å². The second kappa shape index (κ2) is 5.88. The Morgan fingerprint density at radius 1 is 1.53 bits per heavy atom. The molecule has 1 fully saturated rings. The maximum absolute atomic E-state index is 11.6. The van der Waals surface area contributed by atoms with Gasteiger partial charge in [-0.1, -0.05) is 6.92 Å². The quantitative estimate of drug-likeness (QED) is 0.791. The number of esters is 1. The van der Waals surface area contributed by atoms with E-state index in [1.807, 2.05) is 6.92 Å². The third-order valence-electron chi connectivity index (χ3n) is 3.61. The van der Waals surface area contributed by atoms with Crippen molar-refractivity contribution in [2.45, 2.75) is 26.8 Å². The van der Waals surface area contributed by atoms with Gasteiger partial charge in [0.1, 0.15) is 0 Å². The highest BCUT2D eigenvalue weighted by Gasteiger charge is 2.26. The van der Waals surface area contributed by atoms with E-state index >= 15 is 0 Å². The van der Waals surface area contributed by atoms with E-state index < -0.39 is 0 Å². The van der Waals surface area contributed by atoms with Crippen LogP contribution in [-0.2, 0) is 4.74 Å². The maximum Gasteiger partial charge on any atom is 0.357 e. The molecule has 1 aromatic heterocycles. The molecule has 1 unspecified atom stereocenters. The molecule has 2 heterocycles. The molecule has 0 N–H and O–H groups in total. The van der Waals surface area contributed by atoms with Crippen molar-refractivity contribution < 1.29 is 9.53 Å². The van der Waals surface area contributed by atoms with Crippen molar-refractivity contribution in [3.8, 4) is 0 Å². The summed E-state index contributed by atoms with van der Waals surface area (Å²) >= 11 is 1.57. The molecule has 19 heavy (non-hydrogen) atoms. The van der Waals surface area contributed by atoms with Crippen LogP contribution in [0.2, 0.25) is 0 Å². The number of aromatic nitrogens is 1. The van der Waals surface area contributed by atoms with Gasteiger partial charge in [-0.25, -0.2) is 9.78 Å². The predicted molar refractivity (Wildman–Crippen MR) is 77.1 cm³/mol. The fourth-order valence-corrected chi connectivity index (χ4v) is 3.37. The second-order valence-corrected chi connectivity index (χ2v) is 6.00. The van der Waals surface area contributed by atoms with Crippen molar-refractivity contribution in [3.63, 3.8) is 0 Å². The number of ether oxygens (including phenoxy) is 1. The van der Waals surface area contributed by atoms with Crippen LogP contribution in [0.4, 0.5) is 5.13 Å². The summed E-state index contributed by atoms with van der Waals surface area (Å²) in [6, 6.07) is 0.518. The molecule has 1 saturated heterocycles. The van der Waals surface area contributed by atoms with Gasteiger partial charge in [-0.2, -0.15) is 0 Å². The zero-order valence-corrected chi connectivity index (χ0v) is 12.8. The van der Waals surface area contributed by atoms with Crippen molar-refractivity contribution in [2.75, 3.05) is 38.2 Å². The molecule has 2 rings (SSSR count). The number of aryl methyl sites for hydroxylation is 1. The van der Waals surface area contributed by atoms with Crippen LogP contribution in [0.1, 0.15) is 29.2 Å². The van der Waals surface area contributed by atoms with Crippen LogP contribution in [0.15, 0.2) is 0 Å². The van der Waals surface area contributed by atoms with Gasteiger partial charge in [0.25, 0.3) is 0 Å². The summed E-state index contributed by atoms with van der Waals surface area (Å²) in [5, 5.41) is 0.931. The van der Waals surface area contributed by atoms with E-state index in [4.69, 9.17) is 4.74 Å². The van der Waals surface area contributed by atoms with E-state index in [0.717, 1.165) is 36.2 Å². The first kappa shape index (κ1) is 14.3. The molecule has 1 aliphatic rings. The maximum atomic E-state index is 11.6. The van der Waals surface area contributed by atoms with Gasteiger partial charge >= 0.3 is 5.97 Å². The summed E-state index contributed by atoms with van der Waals surface area (Å²) in [6.07, 6.45) is 0. The van der Waals surface area contributed by atoms with Crippen LogP contribution in [0.3, 0.4) is 0 Å². The van der Waals surface area contributed by atoms with Gasteiger partial charge in [-0.05, 0) is 20.4 Å². The summed E-state index contributed by atoms with van der Waals surface area (Å²) in [6.45, 7) is 10.4. The van der Waals surface area contributed by atoms with Gasteiger partial charge in [-0.15, -0.1) is 11.3 Å². The topological polar surface area (TPSA) is 45.7 Å². The number of likely N-dealkylation sites (N-methyl/N-ethyl adjacent to an activating group) is 1. The molecule has 0 saturated carbocycles. The first-order valence-corrected chi connectivity index (χ1v) is 7.43. The lowest BCUT2D eigenvalue weighted by Crippen LogP contribution is -2.51.